The zero-order chi connectivity index (χ0) is 8.85. The van der Waals surface area contributed by atoms with E-state index >= 15 is 0 Å². The SMILES string of the molecule is FB(F)F.O=C1C=CC(=O)O1. The first-order valence-corrected chi connectivity index (χ1v) is 2.38. The van der Waals surface area contributed by atoms with Gasteiger partial charge in [0, 0.05) is 12.2 Å². The van der Waals surface area contributed by atoms with Gasteiger partial charge in [-0.3, -0.25) is 12.9 Å². The van der Waals surface area contributed by atoms with E-state index in [2.05, 4.69) is 4.74 Å². The lowest BCUT2D eigenvalue weighted by Gasteiger charge is -1.80. The molecular formula is C4H2BF3O3. The van der Waals surface area contributed by atoms with Crippen LogP contribution in [0.2, 0.25) is 0 Å². The van der Waals surface area contributed by atoms with Crippen LogP contribution in [0.5, 0.6) is 0 Å². The van der Waals surface area contributed by atoms with E-state index in [1.54, 1.807) is 0 Å². The van der Waals surface area contributed by atoms with E-state index in [-0.39, 0.29) is 0 Å². The van der Waals surface area contributed by atoms with Gasteiger partial charge in [0.15, 0.2) is 0 Å². The molecule has 0 fully saturated rings. The number of carbonyl (C=O) groups is 2. The van der Waals surface area contributed by atoms with E-state index < -0.39 is 19.5 Å². The number of hydrogen-bond acceptors (Lipinski definition) is 3. The minimum atomic E-state index is -3.67. The van der Waals surface area contributed by atoms with Crippen molar-refractivity contribution < 1.29 is 27.3 Å². The highest BCUT2D eigenvalue weighted by Gasteiger charge is 2.10. The summed E-state index contributed by atoms with van der Waals surface area (Å²) in [4.78, 5) is 19.8. The van der Waals surface area contributed by atoms with Crippen LogP contribution in [0.3, 0.4) is 0 Å². The molecule has 0 aromatic heterocycles. The number of cyclic esters (lactones) is 2. The molecule has 0 aromatic rings. The molecule has 0 amide bonds. The van der Waals surface area contributed by atoms with Crippen molar-refractivity contribution in [3.05, 3.63) is 12.2 Å². The number of esters is 2. The molecule has 1 aliphatic rings. The van der Waals surface area contributed by atoms with Gasteiger partial charge in [-0.1, -0.05) is 0 Å². The van der Waals surface area contributed by atoms with Gasteiger partial charge in [-0.2, -0.15) is 0 Å². The number of rotatable bonds is 0. The van der Waals surface area contributed by atoms with Gasteiger partial charge in [0.1, 0.15) is 0 Å². The van der Waals surface area contributed by atoms with E-state index in [9.17, 15) is 22.5 Å². The van der Waals surface area contributed by atoms with Crippen LogP contribution in [0, 0.1) is 0 Å². The van der Waals surface area contributed by atoms with Crippen molar-refractivity contribution in [3.8, 4) is 0 Å². The average Bonchev–Trinajstić information content (AvgIpc) is 2.13. The summed E-state index contributed by atoms with van der Waals surface area (Å²) in [6, 6.07) is 0. The Hall–Kier alpha value is -1.27. The van der Waals surface area contributed by atoms with E-state index in [1.165, 1.54) is 0 Å². The molecule has 60 valence electrons. The monoisotopic (exact) mass is 166 g/mol. The second-order valence-electron chi connectivity index (χ2n) is 1.32. The smallest absolute Gasteiger partial charge is 0.387 e. The Balaban J connectivity index is 0.000000218. The predicted octanol–water partition coefficient (Wildman–Crippen LogP) is 0.506. The lowest BCUT2D eigenvalue weighted by Crippen LogP contribution is -1.96. The molecule has 0 aromatic carbocycles. The van der Waals surface area contributed by atoms with Crippen molar-refractivity contribution >= 4 is 19.5 Å². The minimum Gasteiger partial charge on any atom is -0.387 e. The lowest BCUT2D eigenvalue weighted by molar-refractivity contribution is -0.150. The van der Waals surface area contributed by atoms with Crippen LogP contribution in [0.4, 0.5) is 12.9 Å². The Labute approximate surface area is 60.0 Å². The molecular weight excluding hydrogens is 164 g/mol. The van der Waals surface area contributed by atoms with Gasteiger partial charge in [-0.25, -0.2) is 9.59 Å². The minimum absolute atomic E-state index is 0.579. The topological polar surface area (TPSA) is 43.4 Å². The third-order valence-electron chi connectivity index (χ3n) is 0.557. The zero-order valence-corrected chi connectivity index (χ0v) is 5.09. The highest BCUT2D eigenvalue weighted by atomic mass is 19.4. The summed E-state index contributed by atoms with van der Waals surface area (Å²) in [7, 11) is -3.67. The molecule has 0 radical (unpaired) electrons. The fraction of sp³-hybridized carbons (Fsp3) is 0. The molecule has 7 heteroatoms. The molecule has 0 aliphatic carbocycles. The van der Waals surface area contributed by atoms with Crippen molar-refractivity contribution in [2.24, 2.45) is 0 Å². The molecule has 1 aliphatic heterocycles. The third-order valence-corrected chi connectivity index (χ3v) is 0.557. The van der Waals surface area contributed by atoms with Gasteiger partial charge in [0.05, 0.1) is 0 Å². The summed E-state index contributed by atoms with van der Waals surface area (Å²) in [5, 5.41) is 0. The Morgan fingerprint density at radius 1 is 1.09 bits per heavy atom. The number of hydrogen-bond donors (Lipinski definition) is 0. The van der Waals surface area contributed by atoms with Gasteiger partial charge in [-0.15, -0.1) is 0 Å². The summed E-state index contributed by atoms with van der Waals surface area (Å²) in [5.41, 5.74) is 0. The normalized spacial score (nSPS) is 13.7. The molecule has 0 spiro atoms. The Kier molecular flexibility index (Phi) is 4.01. The number of halogens is 3. The number of carbonyl (C=O) groups excluding carboxylic acids is 2. The fourth-order valence-corrected chi connectivity index (χ4v) is 0.303. The molecule has 0 unspecified atom stereocenters. The maximum Gasteiger partial charge on any atom is 0.762 e. The molecule has 3 nitrogen and oxygen atoms in total. The van der Waals surface area contributed by atoms with E-state index in [0.29, 0.717) is 0 Å². The van der Waals surface area contributed by atoms with Crippen molar-refractivity contribution in [1.29, 1.82) is 0 Å². The first kappa shape index (κ1) is 9.73. The zero-order valence-electron chi connectivity index (χ0n) is 5.09. The van der Waals surface area contributed by atoms with E-state index in [1.807, 2.05) is 0 Å². The van der Waals surface area contributed by atoms with E-state index in [0.717, 1.165) is 12.2 Å². The largest absolute Gasteiger partial charge is 0.762 e. The second-order valence-corrected chi connectivity index (χ2v) is 1.32. The van der Waals surface area contributed by atoms with Crippen molar-refractivity contribution in [2.45, 2.75) is 0 Å². The summed E-state index contributed by atoms with van der Waals surface area (Å²) in [5.74, 6) is -1.16. The third kappa shape index (κ3) is 6.62. The first-order chi connectivity index (χ1) is 5.02. The molecule has 0 atom stereocenters. The average molecular weight is 166 g/mol. The van der Waals surface area contributed by atoms with Crippen LogP contribution in [0.1, 0.15) is 0 Å². The highest BCUT2D eigenvalue weighted by Crippen LogP contribution is 1.92. The van der Waals surface area contributed by atoms with Crippen molar-refractivity contribution in [1.82, 2.24) is 0 Å². The molecule has 1 heterocycles. The molecule has 1 rings (SSSR count). The van der Waals surface area contributed by atoms with Crippen LogP contribution in [0.15, 0.2) is 12.2 Å². The lowest BCUT2D eigenvalue weighted by atomic mass is 10.5. The predicted molar refractivity (Wildman–Crippen MR) is 29.3 cm³/mol. The maximum absolute atomic E-state index is 9.92. The van der Waals surface area contributed by atoms with Gasteiger partial charge < -0.3 is 4.74 Å². The fourth-order valence-electron chi connectivity index (χ4n) is 0.303. The Morgan fingerprint density at radius 3 is 1.45 bits per heavy atom. The van der Waals surface area contributed by atoms with Gasteiger partial charge in [-0.05, 0) is 0 Å². The number of ether oxygens (including phenoxy) is 1. The summed E-state index contributed by atoms with van der Waals surface area (Å²) in [6.45, 7) is 0. The van der Waals surface area contributed by atoms with Crippen LogP contribution < -0.4 is 0 Å². The second kappa shape index (κ2) is 4.53. The van der Waals surface area contributed by atoms with Crippen LogP contribution in [-0.4, -0.2) is 19.5 Å². The van der Waals surface area contributed by atoms with Crippen LogP contribution in [0.25, 0.3) is 0 Å². The maximum atomic E-state index is 9.92. The molecule has 11 heavy (non-hydrogen) atoms. The summed E-state index contributed by atoms with van der Waals surface area (Å²) in [6.07, 6.45) is 2.17. The summed E-state index contributed by atoms with van der Waals surface area (Å²) < 4.78 is 33.0. The van der Waals surface area contributed by atoms with Crippen LogP contribution >= 0.6 is 0 Å². The van der Waals surface area contributed by atoms with Crippen molar-refractivity contribution in [3.63, 3.8) is 0 Å². The first-order valence-electron chi connectivity index (χ1n) is 2.38. The van der Waals surface area contributed by atoms with Gasteiger partial charge in [0.2, 0.25) is 0 Å². The highest BCUT2D eigenvalue weighted by molar-refractivity contribution is 6.33. The van der Waals surface area contributed by atoms with Crippen molar-refractivity contribution in [2.75, 3.05) is 0 Å². The summed E-state index contributed by atoms with van der Waals surface area (Å²) >= 11 is 0. The molecule has 0 saturated carbocycles. The Morgan fingerprint density at radius 2 is 1.36 bits per heavy atom. The Bertz CT molecular complexity index is 172. The van der Waals surface area contributed by atoms with Crippen LogP contribution in [-0.2, 0) is 14.3 Å². The molecule has 0 bridgehead atoms. The quantitative estimate of drug-likeness (QED) is 0.299. The van der Waals surface area contributed by atoms with Gasteiger partial charge >= 0.3 is 19.5 Å². The standard InChI is InChI=1S/C4H2O3.BF3/c5-3-1-2-4(6)7-3;2-1(3)4/h1-2H;. The molecule has 0 saturated heterocycles. The molecule has 0 N–H and O–H groups in total. The van der Waals surface area contributed by atoms with E-state index in [4.69, 9.17) is 0 Å². The van der Waals surface area contributed by atoms with Gasteiger partial charge in [0.25, 0.3) is 0 Å².